The van der Waals surface area contributed by atoms with Crippen molar-refractivity contribution < 1.29 is 31.2 Å². The monoisotopic (exact) mass is 637 g/mol. The van der Waals surface area contributed by atoms with Gasteiger partial charge in [0.2, 0.25) is 21.8 Å². The Bertz CT molecular complexity index is 1520. The molecule has 0 aliphatic heterocycles. The van der Waals surface area contributed by atoms with Gasteiger partial charge in [0, 0.05) is 19.0 Å². The SMILES string of the molecule is CCC(C)NC(=O)C(Cc1ccccc1)N(Cc1ccc(C)cc1)C(=O)CN(c1ccc(Cl)c(C(F)(F)F)c1)S(C)(=O)=O. The molecule has 0 heterocycles. The molecule has 2 atom stereocenters. The highest BCUT2D eigenvalue weighted by molar-refractivity contribution is 7.92. The molecular weight excluding hydrogens is 603 g/mol. The number of hydrogen-bond donors (Lipinski definition) is 1. The first-order valence-electron chi connectivity index (χ1n) is 13.6. The molecule has 0 aliphatic rings. The third kappa shape index (κ3) is 9.46. The first-order chi connectivity index (χ1) is 20.1. The average molecular weight is 638 g/mol. The number of alkyl halides is 3. The van der Waals surface area contributed by atoms with Gasteiger partial charge in [0.05, 0.1) is 22.5 Å². The molecule has 3 aromatic carbocycles. The van der Waals surface area contributed by atoms with Crippen molar-refractivity contribution in [3.05, 3.63) is 100 Å². The van der Waals surface area contributed by atoms with Crippen LogP contribution in [0.5, 0.6) is 0 Å². The van der Waals surface area contributed by atoms with E-state index in [1.807, 2.05) is 51.1 Å². The average Bonchev–Trinajstić information content (AvgIpc) is 2.94. The lowest BCUT2D eigenvalue weighted by Gasteiger charge is -2.34. The van der Waals surface area contributed by atoms with Crippen LogP contribution < -0.4 is 9.62 Å². The molecule has 0 spiro atoms. The van der Waals surface area contributed by atoms with E-state index in [-0.39, 0.29) is 24.7 Å². The summed E-state index contributed by atoms with van der Waals surface area (Å²) in [6, 6.07) is 17.7. The highest BCUT2D eigenvalue weighted by Crippen LogP contribution is 2.37. The van der Waals surface area contributed by atoms with E-state index in [2.05, 4.69) is 5.32 Å². The Morgan fingerprint density at radius 1 is 0.977 bits per heavy atom. The maximum Gasteiger partial charge on any atom is 0.417 e. The molecule has 7 nitrogen and oxygen atoms in total. The van der Waals surface area contributed by atoms with Crippen LogP contribution in [0, 0.1) is 6.92 Å². The highest BCUT2D eigenvalue weighted by atomic mass is 35.5. The maximum absolute atomic E-state index is 14.1. The van der Waals surface area contributed by atoms with Crippen LogP contribution in [0.3, 0.4) is 0 Å². The minimum absolute atomic E-state index is 0.0451. The summed E-state index contributed by atoms with van der Waals surface area (Å²) in [7, 11) is -4.25. The van der Waals surface area contributed by atoms with Gasteiger partial charge in [-0.1, -0.05) is 78.7 Å². The van der Waals surface area contributed by atoms with E-state index in [0.717, 1.165) is 29.5 Å². The van der Waals surface area contributed by atoms with E-state index in [1.54, 1.807) is 24.3 Å². The molecule has 0 saturated heterocycles. The fourth-order valence-electron chi connectivity index (χ4n) is 4.38. The van der Waals surface area contributed by atoms with Crippen LogP contribution in [0.25, 0.3) is 0 Å². The largest absolute Gasteiger partial charge is 0.417 e. The van der Waals surface area contributed by atoms with E-state index in [4.69, 9.17) is 11.6 Å². The van der Waals surface area contributed by atoms with E-state index >= 15 is 0 Å². The van der Waals surface area contributed by atoms with Gasteiger partial charge in [-0.15, -0.1) is 0 Å². The highest BCUT2D eigenvalue weighted by Gasteiger charge is 2.36. The molecule has 0 radical (unpaired) electrons. The van der Waals surface area contributed by atoms with Gasteiger partial charge in [0.25, 0.3) is 0 Å². The predicted molar refractivity (Wildman–Crippen MR) is 162 cm³/mol. The number of hydrogen-bond acceptors (Lipinski definition) is 4. The normalized spacial score (nSPS) is 13.2. The number of rotatable bonds is 12. The van der Waals surface area contributed by atoms with Crippen LogP contribution in [-0.2, 0) is 38.8 Å². The summed E-state index contributed by atoms with van der Waals surface area (Å²) >= 11 is 5.76. The van der Waals surface area contributed by atoms with Crippen LogP contribution in [0.15, 0.2) is 72.8 Å². The summed E-state index contributed by atoms with van der Waals surface area (Å²) in [5.74, 6) is -1.20. The zero-order valence-electron chi connectivity index (χ0n) is 24.4. The minimum Gasteiger partial charge on any atom is -0.352 e. The first-order valence-corrected chi connectivity index (χ1v) is 15.9. The summed E-state index contributed by atoms with van der Waals surface area (Å²) in [6.45, 7) is 4.74. The van der Waals surface area contributed by atoms with Gasteiger partial charge in [-0.2, -0.15) is 13.2 Å². The molecule has 2 amide bonds. The Morgan fingerprint density at radius 2 is 1.60 bits per heavy atom. The molecule has 0 aliphatic carbocycles. The fourth-order valence-corrected chi connectivity index (χ4v) is 5.45. The fraction of sp³-hybridized carbons (Fsp3) is 0.355. The predicted octanol–water partition coefficient (Wildman–Crippen LogP) is 5.99. The van der Waals surface area contributed by atoms with Gasteiger partial charge in [-0.3, -0.25) is 13.9 Å². The standard InChI is InChI=1S/C31H35ClF3N3O4S/c1-5-22(3)36-30(40)28(17-23-9-7-6-8-10-23)37(19-24-13-11-21(2)12-14-24)29(39)20-38(43(4,41)42)25-15-16-27(32)26(18-25)31(33,34)35/h6-16,18,22,28H,5,17,19-20H2,1-4H3,(H,36,40). The molecule has 3 aromatic rings. The molecule has 0 fully saturated rings. The molecule has 0 bridgehead atoms. The second-order valence-electron chi connectivity index (χ2n) is 10.5. The van der Waals surface area contributed by atoms with E-state index in [0.29, 0.717) is 22.4 Å². The molecule has 43 heavy (non-hydrogen) atoms. The first kappa shape index (κ1) is 33.9. The molecule has 1 N–H and O–H groups in total. The number of carbonyl (C=O) groups excluding carboxylic acids is 2. The van der Waals surface area contributed by atoms with Crippen molar-refractivity contribution in [1.29, 1.82) is 0 Å². The Hall–Kier alpha value is -3.57. The lowest BCUT2D eigenvalue weighted by atomic mass is 10.0. The second-order valence-corrected chi connectivity index (χ2v) is 12.8. The van der Waals surface area contributed by atoms with Gasteiger partial charge in [0.15, 0.2) is 0 Å². The summed E-state index contributed by atoms with van der Waals surface area (Å²) in [5, 5.41) is 2.31. The number of anilines is 1. The van der Waals surface area contributed by atoms with Gasteiger partial charge in [-0.25, -0.2) is 8.42 Å². The molecule has 232 valence electrons. The summed E-state index contributed by atoms with van der Waals surface area (Å²) in [5.41, 5.74) is 0.806. The van der Waals surface area contributed by atoms with Crippen molar-refractivity contribution in [3.8, 4) is 0 Å². The Balaban J connectivity index is 2.10. The van der Waals surface area contributed by atoms with Gasteiger partial charge < -0.3 is 10.2 Å². The zero-order valence-corrected chi connectivity index (χ0v) is 25.9. The third-order valence-electron chi connectivity index (χ3n) is 6.97. The Morgan fingerprint density at radius 3 is 2.16 bits per heavy atom. The number of sulfonamides is 1. The topological polar surface area (TPSA) is 86.8 Å². The summed E-state index contributed by atoms with van der Waals surface area (Å²) in [4.78, 5) is 29.0. The molecule has 0 aromatic heterocycles. The minimum atomic E-state index is -4.85. The number of halogens is 4. The zero-order chi connectivity index (χ0) is 31.9. The van der Waals surface area contributed by atoms with Crippen LogP contribution in [0.2, 0.25) is 5.02 Å². The van der Waals surface area contributed by atoms with Crippen molar-refractivity contribution in [1.82, 2.24) is 10.2 Å². The number of amides is 2. The number of nitrogens with zero attached hydrogens (tertiary/aromatic N) is 2. The Labute approximate surface area is 255 Å². The number of nitrogens with one attached hydrogen (secondary N) is 1. The van der Waals surface area contributed by atoms with E-state index < -0.39 is 51.2 Å². The van der Waals surface area contributed by atoms with Crippen LogP contribution >= 0.6 is 11.6 Å². The van der Waals surface area contributed by atoms with Crippen molar-refractivity contribution in [2.45, 2.75) is 58.4 Å². The molecule has 3 rings (SSSR count). The smallest absolute Gasteiger partial charge is 0.352 e. The second kappa shape index (κ2) is 14.3. The van der Waals surface area contributed by atoms with Crippen LogP contribution in [0.4, 0.5) is 18.9 Å². The number of aryl methyl sites for hydroxylation is 1. The lowest BCUT2D eigenvalue weighted by Crippen LogP contribution is -2.54. The van der Waals surface area contributed by atoms with E-state index in [1.165, 1.54) is 4.90 Å². The molecule has 12 heteroatoms. The lowest BCUT2D eigenvalue weighted by molar-refractivity contribution is -0.140. The van der Waals surface area contributed by atoms with Gasteiger partial charge >= 0.3 is 6.18 Å². The van der Waals surface area contributed by atoms with Crippen molar-refractivity contribution in [2.75, 3.05) is 17.1 Å². The van der Waals surface area contributed by atoms with Crippen molar-refractivity contribution in [3.63, 3.8) is 0 Å². The van der Waals surface area contributed by atoms with Gasteiger partial charge in [0.1, 0.15) is 12.6 Å². The van der Waals surface area contributed by atoms with E-state index in [9.17, 15) is 31.2 Å². The van der Waals surface area contributed by atoms with Crippen LogP contribution in [0.1, 0.15) is 42.5 Å². The molecular formula is C31H35ClF3N3O4S. The number of benzene rings is 3. The van der Waals surface area contributed by atoms with Gasteiger partial charge in [-0.05, 0) is 49.6 Å². The molecule has 2 unspecified atom stereocenters. The van der Waals surface area contributed by atoms with Crippen LogP contribution in [-0.4, -0.2) is 50.0 Å². The maximum atomic E-state index is 14.1. The van der Waals surface area contributed by atoms with Crippen molar-refractivity contribution in [2.24, 2.45) is 0 Å². The number of carbonyl (C=O) groups is 2. The quantitative estimate of drug-likeness (QED) is 0.264. The third-order valence-corrected chi connectivity index (χ3v) is 8.44. The van der Waals surface area contributed by atoms with Crippen molar-refractivity contribution >= 4 is 39.1 Å². The summed E-state index contributed by atoms with van der Waals surface area (Å²) in [6.07, 6.45) is -3.30. The summed E-state index contributed by atoms with van der Waals surface area (Å²) < 4.78 is 67.2. The molecule has 0 saturated carbocycles. The Kier molecular flexibility index (Phi) is 11.3.